The van der Waals surface area contributed by atoms with Crippen LogP contribution in [0.25, 0.3) is 0 Å². The SMILES string of the molecule is C[NH+](CC(=O)Nc1ccc([N+](=O)[O-])cc1Cl)Cc1c(F)cccc1Cl. The first kappa shape index (κ1) is 19.1. The van der Waals surface area contributed by atoms with Crippen molar-refractivity contribution in [3.05, 3.63) is 67.9 Å². The predicted molar refractivity (Wildman–Crippen MR) is 93.6 cm³/mol. The van der Waals surface area contributed by atoms with Crippen molar-refractivity contribution in [2.45, 2.75) is 6.54 Å². The number of nitro benzene ring substituents is 1. The number of halogens is 3. The molecule has 1 unspecified atom stereocenters. The summed E-state index contributed by atoms with van der Waals surface area (Å²) in [6.45, 7) is 0.269. The molecule has 0 heterocycles. The van der Waals surface area contributed by atoms with Crippen molar-refractivity contribution >= 4 is 40.5 Å². The number of hydrogen-bond acceptors (Lipinski definition) is 3. The maximum absolute atomic E-state index is 13.8. The van der Waals surface area contributed by atoms with Gasteiger partial charge in [-0.25, -0.2) is 4.39 Å². The van der Waals surface area contributed by atoms with Gasteiger partial charge < -0.3 is 10.2 Å². The number of benzene rings is 2. The van der Waals surface area contributed by atoms with Gasteiger partial charge in [-0.1, -0.05) is 29.3 Å². The van der Waals surface area contributed by atoms with Gasteiger partial charge in [0.05, 0.1) is 33.3 Å². The van der Waals surface area contributed by atoms with Crippen LogP contribution in [-0.4, -0.2) is 24.4 Å². The minimum absolute atomic E-state index is 0.0397. The third kappa shape index (κ3) is 5.12. The Labute approximate surface area is 153 Å². The molecular formula is C16H15Cl2FN3O3+. The van der Waals surface area contributed by atoms with E-state index in [1.165, 1.54) is 24.3 Å². The lowest BCUT2D eigenvalue weighted by Gasteiger charge is -2.15. The maximum atomic E-state index is 13.8. The van der Waals surface area contributed by atoms with Gasteiger partial charge in [-0.15, -0.1) is 0 Å². The van der Waals surface area contributed by atoms with Crippen LogP contribution in [-0.2, 0) is 11.3 Å². The summed E-state index contributed by atoms with van der Waals surface area (Å²) >= 11 is 11.9. The van der Waals surface area contributed by atoms with Crippen LogP contribution in [0, 0.1) is 15.9 Å². The van der Waals surface area contributed by atoms with Gasteiger partial charge in [-0.05, 0) is 18.2 Å². The molecule has 0 aliphatic carbocycles. The number of rotatable bonds is 6. The highest BCUT2D eigenvalue weighted by molar-refractivity contribution is 6.34. The second-order valence-corrected chi connectivity index (χ2v) is 6.29. The quantitative estimate of drug-likeness (QED) is 0.591. The van der Waals surface area contributed by atoms with Gasteiger partial charge in [0.1, 0.15) is 12.4 Å². The van der Waals surface area contributed by atoms with Crippen molar-refractivity contribution < 1.29 is 19.0 Å². The molecule has 25 heavy (non-hydrogen) atoms. The lowest BCUT2D eigenvalue weighted by Crippen LogP contribution is -3.08. The molecular weight excluding hydrogens is 372 g/mol. The zero-order valence-corrected chi connectivity index (χ0v) is 14.7. The molecule has 0 fully saturated rings. The van der Waals surface area contributed by atoms with Crippen molar-refractivity contribution in [1.29, 1.82) is 0 Å². The molecule has 0 spiro atoms. The van der Waals surface area contributed by atoms with Crippen LogP contribution in [0.4, 0.5) is 15.8 Å². The first-order valence-corrected chi connectivity index (χ1v) is 8.01. The molecule has 0 aliphatic rings. The third-order valence-electron chi connectivity index (χ3n) is 3.44. The van der Waals surface area contributed by atoms with Gasteiger partial charge >= 0.3 is 0 Å². The second-order valence-electron chi connectivity index (χ2n) is 5.48. The molecule has 2 rings (SSSR count). The summed E-state index contributed by atoms with van der Waals surface area (Å²) in [7, 11) is 1.72. The number of hydrogen-bond donors (Lipinski definition) is 2. The number of likely N-dealkylation sites (N-methyl/N-ethyl adjacent to an activating group) is 1. The van der Waals surface area contributed by atoms with E-state index in [0.717, 1.165) is 6.07 Å². The molecule has 0 radical (unpaired) electrons. The molecule has 0 aromatic heterocycles. The Morgan fingerprint density at radius 2 is 2.00 bits per heavy atom. The average molecular weight is 387 g/mol. The van der Waals surface area contributed by atoms with Crippen molar-refractivity contribution in [1.82, 2.24) is 0 Å². The molecule has 1 amide bonds. The Balaban J connectivity index is 1.99. The summed E-state index contributed by atoms with van der Waals surface area (Å²) in [6.07, 6.45) is 0. The number of nitrogens with zero attached hydrogens (tertiary/aromatic N) is 1. The van der Waals surface area contributed by atoms with E-state index in [1.807, 2.05) is 0 Å². The number of nitro groups is 1. The van der Waals surface area contributed by atoms with Crippen LogP contribution < -0.4 is 10.2 Å². The van der Waals surface area contributed by atoms with Gasteiger partial charge in [0.25, 0.3) is 11.6 Å². The number of quaternary nitrogens is 1. The summed E-state index contributed by atoms with van der Waals surface area (Å²) in [4.78, 5) is 22.9. The molecule has 2 N–H and O–H groups in total. The summed E-state index contributed by atoms with van der Waals surface area (Å²) < 4.78 is 13.8. The number of anilines is 1. The Kier molecular flexibility index (Phi) is 6.30. The van der Waals surface area contributed by atoms with E-state index in [-0.39, 0.29) is 35.4 Å². The molecule has 0 saturated heterocycles. The van der Waals surface area contributed by atoms with E-state index in [4.69, 9.17) is 23.2 Å². The molecule has 2 aromatic carbocycles. The minimum Gasteiger partial charge on any atom is -0.326 e. The topological polar surface area (TPSA) is 76.7 Å². The maximum Gasteiger partial charge on any atom is 0.279 e. The Bertz CT molecular complexity index is 797. The second kappa shape index (κ2) is 8.24. The zero-order chi connectivity index (χ0) is 18.6. The lowest BCUT2D eigenvalue weighted by atomic mass is 10.2. The number of nitrogens with one attached hydrogen (secondary N) is 2. The van der Waals surface area contributed by atoms with Crippen LogP contribution >= 0.6 is 23.2 Å². The fraction of sp³-hybridized carbons (Fsp3) is 0.188. The Hall–Kier alpha value is -2.22. The van der Waals surface area contributed by atoms with Crippen LogP contribution in [0.1, 0.15) is 5.56 Å². The molecule has 0 saturated carbocycles. The van der Waals surface area contributed by atoms with Crippen LogP contribution in [0.15, 0.2) is 36.4 Å². The summed E-state index contributed by atoms with van der Waals surface area (Å²) in [5, 5.41) is 13.6. The standard InChI is InChI=1S/C16H14Cl2FN3O3/c1-21(8-11-12(17)3-2-4-14(11)19)9-16(23)20-15-6-5-10(22(24)25)7-13(15)18/h2-7H,8-9H2,1H3,(H,20,23)/p+1. The minimum atomic E-state index is -0.576. The zero-order valence-electron chi connectivity index (χ0n) is 13.2. The van der Waals surface area contributed by atoms with Crippen LogP contribution in [0.5, 0.6) is 0 Å². The highest BCUT2D eigenvalue weighted by atomic mass is 35.5. The van der Waals surface area contributed by atoms with Gasteiger partial charge in [-0.3, -0.25) is 14.9 Å². The van der Waals surface area contributed by atoms with Gasteiger partial charge in [-0.2, -0.15) is 0 Å². The van der Waals surface area contributed by atoms with Crippen molar-refractivity contribution in [3.8, 4) is 0 Å². The summed E-state index contributed by atoms with van der Waals surface area (Å²) in [6, 6.07) is 8.18. The smallest absolute Gasteiger partial charge is 0.279 e. The third-order valence-corrected chi connectivity index (χ3v) is 4.11. The molecule has 0 bridgehead atoms. The van der Waals surface area contributed by atoms with E-state index in [0.29, 0.717) is 15.5 Å². The van der Waals surface area contributed by atoms with E-state index in [9.17, 15) is 19.3 Å². The first-order valence-electron chi connectivity index (χ1n) is 7.26. The molecule has 6 nitrogen and oxygen atoms in total. The predicted octanol–water partition coefficient (Wildman–Crippen LogP) is 2.69. The van der Waals surface area contributed by atoms with Crippen molar-refractivity contribution in [2.24, 2.45) is 0 Å². The summed E-state index contributed by atoms with van der Waals surface area (Å²) in [5.74, 6) is -0.786. The monoisotopic (exact) mass is 386 g/mol. The van der Waals surface area contributed by atoms with E-state index < -0.39 is 10.7 Å². The fourth-order valence-electron chi connectivity index (χ4n) is 2.25. The number of carbonyl (C=O) groups excluding carboxylic acids is 1. The van der Waals surface area contributed by atoms with E-state index in [1.54, 1.807) is 13.1 Å². The lowest BCUT2D eigenvalue weighted by molar-refractivity contribution is -0.885. The molecule has 0 aliphatic heterocycles. The fourth-order valence-corrected chi connectivity index (χ4v) is 2.70. The molecule has 9 heteroatoms. The molecule has 2 aromatic rings. The normalized spacial score (nSPS) is 11.8. The average Bonchev–Trinajstić information content (AvgIpc) is 2.52. The van der Waals surface area contributed by atoms with Crippen LogP contribution in [0.2, 0.25) is 10.0 Å². The van der Waals surface area contributed by atoms with Crippen molar-refractivity contribution in [3.63, 3.8) is 0 Å². The van der Waals surface area contributed by atoms with Gasteiger partial charge in [0, 0.05) is 12.1 Å². The largest absolute Gasteiger partial charge is 0.326 e. The van der Waals surface area contributed by atoms with E-state index >= 15 is 0 Å². The first-order chi connectivity index (χ1) is 11.8. The molecule has 132 valence electrons. The number of non-ortho nitro benzene ring substituents is 1. The van der Waals surface area contributed by atoms with Gasteiger partial charge in [0.2, 0.25) is 0 Å². The highest BCUT2D eigenvalue weighted by Crippen LogP contribution is 2.26. The summed E-state index contributed by atoms with van der Waals surface area (Å²) in [5.41, 5.74) is 0.441. The van der Waals surface area contributed by atoms with Gasteiger partial charge in [0.15, 0.2) is 6.54 Å². The number of amides is 1. The number of carbonyl (C=O) groups is 1. The molecule has 1 atom stereocenters. The van der Waals surface area contributed by atoms with Crippen LogP contribution in [0.3, 0.4) is 0 Å². The Morgan fingerprint density at radius 3 is 2.60 bits per heavy atom. The van der Waals surface area contributed by atoms with Crippen molar-refractivity contribution in [2.75, 3.05) is 18.9 Å². The highest BCUT2D eigenvalue weighted by Gasteiger charge is 2.17. The Morgan fingerprint density at radius 1 is 1.28 bits per heavy atom. The van der Waals surface area contributed by atoms with E-state index in [2.05, 4.69) is 5.32 Å².